The molecule has 0 N–H and O–H groups in total. The van der Waals surface area contributed by atoms with Crippen molar-refractivity contribution in [3.05, 3.63) is 12.2 Å². The van der Waals surface area contributed by atoms with Crippen LogP contribution in [-0.2, 0) is 19.1 Å². The van der Waals surface area contributed by atoms with Crippen molar-refractivity contribution in [3.63, 3.8) is 0 Å². The molecule has 0 aromatic carbocycles. The number of rotatable bonds is 21. The lowest BCUT2D eigenvalue weighted by Crippen LogP contribution is -2.50. The molecule has 35 heavy (non-hydrogen) atoms. The van der Waals surface area contributed by atoms with Crippen molar-refractivity contribution in [2.45, 2.75) is 161 Å². The second-order valence-electron chi connectivity index (χ2n) is 10.7. The molecular weight excluding hydrogens is 468 g/mol. The highest BCUT2D eigenvalue weighted by Gasteiger charge is 2.42. The van der Waals surface area contributed by atoms with Gasteiger partial charge in [0.25, 0.3) is 0 Å². The third-order valence-electron chi connectivity index (χ3n) is 7.76. The van der Waals surface area contributed by atoms with Crippen molar-refractivity contribution in [1.82, 2.24) is 0 Å². The molecule has 0 heterocycles. The zero-order valence-corrected chi connectivity index (χ0v) is 26.6. The second kappa shape index (κ2) is 18.4. The van der Waals surface area contributed by atoms with Crippen LogP contribution in [0.5, 0.6) is 0 Å². The standard InChI is InChI=1S/C29H58O4Si2/c1-10-18-34(19-11-2,20-12-3)27(16-7)32-26(30)24-25(9)29(31)33-28(17-8)35(21-13-4,22-14-5)23-15-6/h27-28H,9-24H2,1-8H3. The molecule has 0 aliphatic heterocycles. The summed E-state index contributed by atoms with van der Waals surface area (Å²) in [6, 6.07) is 7.15. The zero-order valence-electron chi connectivity index (χ0n) is 24.6. The lowest BCUT2D eigenvalue weighted by molar-refractivity contribution is -0.148. The van der Waals surface area contributed by atoms with Crippen molar-refractivity contribution in [1.29, 1.82) is 0 Å². The molecule has 0 aromatic rings. The van der Waals surface area contributed by atoms with E-state index in [4.69, 9.17) is 9.47 Å². The summed E-state index contributed by atoms with van der Waals surface area (Å²) in [5.74, 6) is -0.715. The zero-order chi connectivity index (χ0) is 26.9. The Hall–Kier alpha value is -0.886. The molecule has 0 aliphatic carbocycles. The maximum Gasteiger partial charge on any atom is 0.333 e. The first-order chi connectivity index (χ1) is 16.7. The number of hydrogen-bond donors (Lipinski definition) is 0. The van der Waals surface area contributed by atoms with Crippen molar-refractivity contribution in [3.8, 4) is 0 Å². The highest BCUT2D eigenvalue weighted by atomic mass is 28.3. The average molecular weight is 527 g/mol. The van der Waals surface area contributed by atoms with Crippen LogP contribution in [0.25, 0.3) is 0 Å². The van der Waals surface area contributed by atoms with Gasteiger partial charge in [0.15, 0.2) is 0 Å². The van der Waals surface area contributed by atoms with Gasteiger partial charge < -0.3 is 9.47 Å². The van der Waals surface area contributed by atoms with Crippen LogP contribution in [0.4, 0.5) is 0 Å². The molecule has 0 bridgehead atoms. The molecule has 0 aliphatic rings. The fourth-order valence-corrected chi connectivity index (χ4v) is 18.5. The van der Waals surface area contributed by atoms with Crippen molar-refractivity contribution in [2.75, 3.05) is 0 Å². The summed E-state index contributed by atoms with van der Waals surface area (Å²) in [4.78, 5) is 26.1. The lowest BCUT2D eigenvalue weighted by atomic mass is 10.2. The van der Waals surface area contributed by atoms with E-state index in [-0.39, 0.29) is 29.4 Å². The Morgan fingerprint density at radius 2 is 0.914 bits per heavy atom. The minimum Gasteiger partial charge on any atom is -0.466 e. The van der Waals surface area contributed by atoms with E-state index in [0.29, 0.717) is 0 Å². The van der Waals surface area contributed by atoms with Gasteiger partial charge in [-0.25, -0.2) is 4.79 Å². The van der Waals surface area contributed by atoms with Crippen LogP contribution in [0.15, 0.2) is 12.2 Å². The molecule has 0 fully saturated rings. The van der Waals surface area contributed by atoms with Gasteiger partial charge in [0, 0.05) is 5.57 Å². The minimum absolute atomic E-state index is 0.00951. The molecular formula is C29H58O4Si2. The van der Waals surface area contributed by atoms with Crippen molar-refractivity contribution in [2.24, 2.45) is 0 Å². The van der Waals surface area contributed by atoms with Crippen LogP contribution in [0.2, 0.25) is 36.3 Å². The number of carbonyl (C=O) groups is 2. The molecule has 4 nitrogen and oxygen atoms in total. The summed E-state index contributed by atoms with van der Waals surface area (Å²) >= 11 is 0. The van der Waals surface area contributed by atoms with E-state index in [1.54, 1.807) is 0 Å². The monoisotopic (exact) mass is 526 g/mol. The topological polar surface area (TPSA) is 52.6 Å². The van der Waals surface area contributed by atoms with E-state index < -0.39 is 22.1 Å². The number of ether oxygens (including phenoxy) is 2. The van der Waals surface area contributed by atoms with E-state index >= 15 is 0 Å². The summed E-state index contributed by atoms with van der Waals surface area (Å²) < 4.78 is 12.2. The smallest absolute Gasteiger partial charge is 0.333 e. The number of esters is 2. The number of hydrogen-bond acceptors (Lipinski definition) is 4. The van der Waals surface area contributed by atoms with Gasteiger partial charge in [-0.05, 0) is 12.8 Å². The fourth-order valence-electron chi connectivity index (χ4n) is 6.65. The van der Waals surface area contributed by atoms with Gasteiger partial charge in [0.05, 0.1) is 17.9 Å². The van der Waals surface area contributed by atoms with Gasteiger partial charge in [-0.1, -0.05) is 137 Å². The lowest BCUT2D eigenvalue weighted by Gasteiger charge is -2.38. The molecule has 0 amide bonds. The Kier molecular flexibility index (Phi) is 17.9. The summed E-state index contributed by atoms with van der Waals surface area (Å²) in [5.41, 5.74) is 0.245. The highest BCUT2D eigenvalue weighted by Crippen LogP contribution is 2.34. The normalized spacial score (nSPS) is 13.8. The molecule has 0 aromatic heterocycles. The predicted molar refractivity (Wildman–Crippen MR) is 156 cm³/mol. The maximum absolute atomic E-state index is 13.1. The molecule has 6 heteroatoms. The molecule has 0 rings (SSSR count). The Morgan fingerprint density at radius 3 is 1.20 bits per heavy atom. The maximum atomic E-state index is 13.1. The van der Waals surface area contributed by atoms with Crippen LogP contribution in [-0.4, -0.2) is 39.5 Å². The fraction of sp³-hybridized carbons (Fsp3) is 0.862. The average Bonchev–Trinajstić information content (AvgIpc) is 2.81. The molecule has 0 spiro atoms. The van der Waals surface area contributed by atoms with Crippen LogP contribution >= 0.6 is 0 Å². The van der Waals surface area contributed by atoms with Crippen LogP contribution in [0.1, 0.15) is 113 Å². The molecule has 0 saturated carbocycles. The minimum atomic E-state index is -1.75. The molecule has 2 unspecified atom stereocenters. The first kappa shape index (κ1) is 34.1. The number of carbonyl (C=O) groups excluding carboxylic acids is 2. The van der Waals surface area contributed by atoms with E-state index in [9.17, 15) is 9.59 Å². The van der Waals surface area contributed by atoms with Gasteiger partial charge in [-0.15, -0.1) is 0 Å². The van der Waals surface area contributed by atoms with Crippen LogP contribution < -0.4 is 0 Å². The SMILES string of the molecule is C=C(CC(=O)OC(CC)[Si](CCC)(CCC)CCC)C(=O)OC(CC)[Si](CCC)(CCC)CCC. The first-order valence-corrected chi connectivity index (χ1v) is 20.2. The third kappa shape index (κ3) is 10.6. The Labute approximate surface area is 220 Å². The van der Waals surface area contributed by atoms with Gasteiger partial charge in [-0.2, -0.15) is 0 Å². The molecule has 2 atom stereocenters. The van der Waals surface area contributed by atoms with Gasteiger partial charge in [-0.3, -0.25) is 4.79 Å². The van der Waals surface area contributed by atoms with Crippen LogP contribution in [0, 0.1) is 0 Å². The Morgan fingerprint density at radius 1 is 0.600 bits per heavy atom. The van der Waals surface area contributed by atoms with Gasteiger partial charge in [0.2, 0.25) is 0 Å². The predicted octanol–water partition coefficient (Wildman–Crippen LogP) is 9.01. The van der Waals surface area contributed by atoms with Crippen LogP contribution in [0.3, 0.4) is 0 Å². The summed E-state index contributed by atoms with van der Waals surface area (Å²) in [7, 11) is -3.49. The molecule has 0 saturated heterocycles. The molecule has 206 valence electrons. The second-order valence-corrected chi connectivity index (χ2v) is 20.4. The van der Waals surface area contributed by atoms with Crippen molar-refractivity contribution >= 4 is 28.1 Å². The van der Waals surface area contributed by atoms with Gasteiger partial charge >= 0.3 is 11.9 Å². The van der Waals surface area contributed by atoms with E-state index in [1.165, 1.54) is 36.3 Å². The van der Waals surface area contributed by atoms with E-state index in [1.807, 2.05) is 0 Å². The summed E-state index contributed by atoms with van der Waals surface area (Å²) in [6.45, 7) is 21.6. The molecule has 0 radical (unpaired) electrons. The first-order valence-electron chi connectivity index (χ1n) is 14.8. The van der Waals surface area contributed by atoms with Gasteiger partial charge in [0.1, 0.15) is 16.1 Å². The third-order valence-corrected chi connectivity index (χ3v) is 20.5. The van der Waals surface area contributed by atoms with Crippen molar-refractivity contribution < 1.29 is 19.1 Å². The Balaban J connectivity index is 5.45. The highest BCUT2D eigenvalue weighted by molar-refractivity contribution is 6.81. The largest absolute Gasteiger partial charge is 0.466 e. The summed E-state index contributed by atoms with van der Waals surface area (Å²) in [5, 5.41) is 0. The summed E-state index contributed by atoms with van der Waals surface area (Å²) in [6.07, 6.45) is 8.42. The quantitative estimate of drug-likeness (QED) is 0.0850. The van der Waals surface area contributed by atoms with E-state index in [2.05, 4.69) is 62.0 Å². The Bertz CT molecular complexity index is 586. The van der Waals surface area contributed by atoms with E-state index in [0.717, 1.165) is 51.4 Å².